The Bertz CT molecular complexity index is 1080. The van der Waals surface area contributed by atoms with Gasteiger partial charge in [-0.3, -0.25) is 9.69 Å². The second-order valence-electron chi connectivity index (χ2n) is 7.11. The van der Waals surface area contributed by atoms with Crippen molar-refractivity contribution in [2.75, 3.05) is 13.1 Å². The Morgan fingerprint density at radius 1 is 1.26 bits per heavy atom. The second kappa shape index (κ2) is 6.94. The minimum Gasteiger partial charge on any atom is -0.508 e. The van der Waals surface area contributed by atoms with E-state index in [-0.39, 0.29) is 17.4 Å². The highest BCUT2D eigenvalue weighted by molar-refractivity contribution is 7.18. The van der Waals surface area contributed by atoms with Crippen LogP contribution in [0.1, 0.15) is 41.2 Å². The van der Waals surface area contributed by atoms with Crippen LogP contribution in [0.4, 0.5) is 0 Å². The topological polar surface area (TPSA) is 69.2 Å². The van der Waals surface area contributed by atoms with Gasteiger partial charge in [0.1, 0.15) is 16.4 Å². The highest BCUT2D eigenvalue weighted by atomic mass is 32.1. The second-order valence-corrected chi connectivity index (χ2v) is 8.31. The van der Waals surface area contributed by atoms with E-state index in [4.69, 9.17) is 4.98 Å². The van der Waals surface area contributed by atoms with Crippen molar-refractivity contribution in [2.24, 2.45) is 0 Å². The van der Waals surface area contributed by atoms with Crippen LogP contribution in [-0.2, 0) is 0 Å². The maximum atomic E-state index is 12.5. The lowest BCUT2D eigenvalue weighted by Crippen LogP contribution is -2.33. The van der Waals surface area contributed by atoms with E-state index in [0.29, 0.717) is 0 Å². The summed E-state index contributed by atoms with van der Waals surface area (Å²) in [5.74, 6) is 1.02. The zero-order valence-corrected chi connectivity index (χ0v) is 16.6. The molecule has 3 aromatic rings. The van der Waals surface area contributed by atoms with Crippen LogP contribution in [0.15, 0.2) is 35.1 Å². The van der Waals surface area contributed by atoms with E-state index in [2.05, 4.69) is 22.9 Å². The lowest BCUT2D eigenvalue weighted by Gasteiger charge is -2.31. The Morgan fingerprint density at radius 3 is 2.67 bits per heavy atom. The largest absolute Gasteiger partial charge is 0.508 e. The molecule has 1 unspecified atom stereocenters. The fourth-order valence-electron chi connectivity index (χ4n) is 3.62. The molecule has 1 aliphatic rings. The number of thiophene rings is 1. The molecule has 1 aromatic carbocycles. The minimum atomic E-state index is -0.0407. The molecule has 0 spiro atoms. The number of phenolic OH excluding ortho intramolecular Hbond substituents is 1. The summed E-state index contributed by atoms with van der Waals surface area (Å²) in [4.78, 5) is 24.6. The van der Waals surface area contributed by atoms with Gasteiger partial charge in [0.15, 0.2) is 0 Å². The summed E-state index contributed by atoms with van der Waals surface area (Å²) in [6.07, 6.45) is 3.15. The lowest BCUT2D eigenvalue weighted by atomic mass is 9.98. The highest BCUT2D eigenvalue weighted by Crippen LogP contribution is 2.30. The third kappa shape index (κ3) is 3.31. The van der Waals surface area contributed by atoms with E-state index in [9.17, 15) is 9.90 Å². The summed E-state index contributed by atoms with van der Waals surface area (Å²) in [7, 11) is 0. The minimum absolute atomic E-state index is 0.0407. The smallest absolute Gasteiger partial charge is 0.259 e. The monoisotopic (exact) mass is 381 g/mol. The molecule has 1 aliphatic heterocycles. The van der Waals surface area contributed by atoms with Crippen LogP contribution in [0.5, 0.6) is 5.75 Å². The zero-order chi connectivity index (χ0) is 19.1. The molecular weight excluding hydrogens is 358 g/mol. The number of rotatable bonds is 3. The number of nitrogens with zero attached hydrogens (tertiary/aromatic N) is 2. The summed E-state index contributed by atoms with van der Waals surface area (Å²) >= 11 is 1.59. The van der Waals surface area contributed by atoms with E-state index in [0.717, 1.165) is 51.6 Å². The number of aryl methyl sites for hydroxylation is 2. The molecule has 0 aliphatic carbocycles. The Labute approximate surface area is 162 Å². The van der Waals surface area contributed by atoms with Crippen molar-refractivity contribution in [1.29, 1.82) is 0 Å². The summed E-state index contributed by atoms with van der Waals surface area (Å²) in [6.45, 7) is 7.82. The van der Waals surface area contributed by atoms with E-state index >= 15 is 0 Å². The SMILES string of the molecule is Cc1sc2nc(C(C)N3CC=C(c4ccc(O)cc4)CC3)[nH]c(=O)c2c1C. The maximum absolute atomic E-state index is 12.5. The zero-order valence-electron chi connectivity index (χ0n) is 15.7. The molecule has 6 heteroatoms. The summed E-state index contributed by atoms with van der Waals surface area (Å²) in [5, 5.41) is 10.2. The molecule has 2 aromatic heterocycles. The predicted octanol–water partition coefficient (Wildman–Crippen LogP) is 4.16. The van der Waals surface area contributed by atoms with Crippen LogP contribution in [0.3, 0.4) is 0 Å². The van der Waals surface area contributed by atoms with E-state index in [1.165, 1.54) is 5.57 Å². The highest BCUT2D eigenvalue weighted by Gasteiger charge is 2.22. The molecule has 1 atom stereocenters. The Balaban J connectivity index is 1.57. The average Bonchev–Trinajstić information content (AvgIpc) is 2.96. The Kier molecular flexibility index (Phi) is 4.61. The molecule has 4 rings (SSSR count). The van der Waals surface area contributed by atoms with Gasteiger partial charge in [0.25, 0.3) is 5.56 Å². The van der Waals surface area contributed by atoms with Gasteiger partial charge in [-0.25, -0.2) is 4.98 Å². The Morgan fingerprint density at radius 2 is 2.00 bits per heavy atom. The van der Waals surface area contributed by atoms with E-state index in [1.807, 2.05) is 26.0 Å². The number of nitrogens with one attached hydrogen (secondary N) is 1. The number of phenols is 1. The lowest BCUT2D eigenvalue weighted by molar-refractivity contribution is 0.225. The van der Waals surface area contributed by atoms with Gasteiger partial charge in [-0.05, 0) is 56.0 Å². The predicted molar refractivity (Wildman–Crippen MR) is 110 cm³/mol. The molecule has 2 N–H and O–H groups in total. The average molecular weight is 382 g/mol. The normalized spacial score (nSPS) is 16.5. The van der Waals surface area contributed by atoms with Crippen LogP contribution in [0.2, 0.25) is 0 Å². The van der Waals surface area contributed by atoms with Crippen LogP contribution in [0.25, 0.3) is 15.8 Å². The molecule has 0 fully saturated rings. The van der Waals surface area contributed by atoms with Gasteiger partial charge >= 0.3 is 0 Å². The number of H-pyrrole nitrogens is 1. The van der Waals surface area contributed by atoms with Gasteiger partial charge in [-0.2, -0.15) is 0 Å². The number of hydrogen-bond acceptors (Lipinski definition) is 5. The van der Waals surface area contributed by atoms with Crippen molar-refractivity contribution in [1.82, 2.24) is 14.9 Å². The standard InChI is InChI=1S/C21H23N3O2S/c1-12-14(3)27-21-18(12)20(26)22-19(23-21)13(2)24-10-8-16(9-11-24)15-4-6-17(25)7-5-15/h4-8,13,25H,9-11H2,1-3H3,(H,22,23,26). The van der Waals surface area contributed by atoms with Crippen LogP contribution >= 0.6 is 11.3 Å². The number of aromatic hydroxyl groups is 1. The molecule has 27 heavy (non-hydrogen) atoms. The van der Waals surface area contributed by atoms with Crippen molar-refractivity contribution in [2.45, 2.75) is 33.2 Å². The molecule has 0 radical (unpaired) electrons. The van der Waals surface area contributed by atoms with Crippen LogP contribution < -0.4 is 5.56 Å². The molecule has 0 saturated heterocycles. The van der Waals surface area contributed by atoms with Gasteiger partial charge in [-0.15, -0.1) is 11.3 Å². The first-order valence-electron chi connectivity index (χ1n) is 9.16. The number of benzene rings is 1. The van der Waals surface area contributed by atoms with Crippen molar-refractivity contribution in [3.63, 3.8) is 0 Å². The third-order valence-corrected chi connectivity index (χ3v) is 6.58. The molecule has 5 nitrogen and oxygen atoms in total. The van der Waals surface area contributed by atoms with Gasteiger partial charge < -0.3 is 10.1 Å². The van der Waals surface area contributed by atoms with Crippen molar-refractivity contribution in [3.8, 4) is 5.75 Å². The van der Waals surface area contributed by atoms with Crippen LogP contribution in [0, 0.1) is 13.8 Å². The fourth-order valence-corrected chi connectivity index (χ4v) is 4.65. The van der Waals surface area contributed by atoms with Gasteiger partial charge in [0.2, 0.25) is 0 Å². The summed E-state index contributed by atoms with van der Waals surface area (Å²) in [6, 6.07) is 7.39. The number of hydrogen-bond donors (Lipinski definition) is 2. The van der Waals surface area contributed by atoms with Crippen molar-refractivity contribution >= 4 is 27.1 Å². The van der Waals surface area contributed by atoms with E-state index in [1.54, 1.807) is 23.5 Å². The maximum Gasteiger partial charge on any atom is 0.259 e. The molecule has 140 valence electrons. The van der Waals surface area contributed by atoms with Gasteiger partial charge in [0.05, 0.1) is 11.4 Å². The summed E-state index contributed by atoms with van der Waals surface area (Å²) < 4.78 is 0. The number of fused-ring (bicyclic) bond motifs is 1. The van der Waals surface area contributed by atoms with Crippen LogP contribution in [-0.4, -0.2) is 33.1 Å². The molecule has 0 amide bonds. The summed E-state index contributed by atoms with van der Waals surface area (Å²) in [5.41, 5.74) is 3.43. The first-order valence-corrected chi connectivity index (χ1v) is 9.98. The molecular formula is C21H23N3O2S. The number of aromatic amines is 1. The first kappa shape index (κ1) is 17.9. The van der Waals surface area contributed by atoms with Crippen molar-refractivity contribution in [3.05, 3.63) is 62.5 Å². The third-order valence-electron chi connectivity index (χ3n) is 5.48. The quantitative estimate of drug-likeness (QED) is 0.715. The molecule has 0 saturated carbocycles. The first-order chi connectivity index (χ1) is 12.9. The van der Waals surface area contributed by atoms with E-state index < -0.39 is 0 Å². The molecule has 0 bridgehead atoms. The fraction of sp³-hybridized carbons (Fsp3) is 0.333. The Hall–Kier alpha value is -2.44. The van der Waals surface area contributed by atoms with Crippen molar-refractivity contribution < 1.29 is 5.11 Å². The van der Waals surface area contributed by atoms with Gasteiger partial charge in [-0.1, -0.05) is 18.2 Å². The molecule has 3 heterocycles. The number of aromatic nitrogens is 2. The van der Waals surface area contributed by atoms with Gasteiger partial charge in [0, 0.05) is 18.0 Å².